The van der Waals surface area contributed by atoms with Gasteiger partial charge in [-0.2, -0.15) is 0 Å². The third-order valence-electron chi connectivity index (χ3n) is 8.05. The first-order valence-electron chi connectivity index (χ1n) is 14.9. The van der Waals surface area contributed by atoms with Crippen LogP contribution < -0.4 is 0 Å². The van der Waals surface area contributed by atoms with Gasteiger partial charge in [-0.15, -0.1) is 0 Å². The molecule has 0 aliphatic rings. The molecule has 1 heteroatoms. The summed E-state index contributed by atoms with van der Waals surface area (Å²) in [6.07, 6.45) is 11.0. The van der Waals surface area contributed by atoms with Crippen LogP contribution in [0.15, 0.2) is 54.6 Å². The fraction of sp³-hybridized carbons (Fsp3) is 0.600. The van der Waals surface area contributed by atoms with E-state index in [1.165, 1.54) is 70.8 Å². The van der Waals surface area contributed by atoms with E-state index in [4.69, 9.17) is 0 Å². The van der Waals surface area contributed by atoms with Gasteiger partial charge in [-0.05, 0) is 0 Å². The minimum absolute atomic E-state index is 0.183. The monoisotopic (exact) mass is 596 g/mol. The van der Waals surface area contributed by atoms with Gasteiger partial charge >= 0.3 is 230 Å². The van der Waals surface area contributed by atoms with Gasteiger partial charge in [0.1, 0.15) is 0 Å². The van der Waals surface area contributed by atoms with Gasteiger partial charge in [-0.3, -0.25) is 0 Å². The summed E-state index contributed by atoms with van der Waals surface area (Å²) in [7, 11) is 0. The van der Waals surface area contributed by atoms with Gasteiger partial charge in [0.2, 0.25) is 0 Å². The quantitative estimate of drug-likeness (QED) is 0.202. The minimum atomic E-state index is -2.26. The number of hydrogen-bond acceptors (Lipinski definition) is 0. The van der Waals surface area contributed by atoms with E-state index in [9.17, 15) is 0 Å². The Morgan fingerprint density at radius 1 is 0.583 bits per heavy atom. The normalized spacial score (nSPS) is 12.6. The first-order chi connectivity index (χ1) is 17.0. The van der Waals surface area contributed by atoms with E-state index in [0.29, 0.717) is 0 Å². The SMILES string of the molecule is CCC[CH2][Sn]([CH2]C=C(c1ccc(C(C)(C)C)cc1)c1ccc(C(C)(C)C)cc1)([CH2]CCC)[CH2]CCC. The Balaban J connectivity index is 2.55. The molecule has 0 heterocycles. The van der Waals surface area contributed by atoms with Crippen LogP contribution in [0.1, 0.15) is 123 Å². The van der Waals surface area contributed by atoms with E-state index in [1.807, 2.05) is 0 Å². The Morgan fingerprint density at radius 3 is 1.19 bits per heavy atom. The second-order valence-electron chi connectivity index (χ2n) is 13.3. The molecule has 0 aliphatic heterocycles. The molecule has 0 spiro atoms. The van der Waals surface area contributed by atoms with E-state index in [1.54, 1.807) is 13.3 Å². The fourth-order valence-electron chi connectivity index (χ4n) is 5.36. The zero-order chi connectivity index (χ0) is 26.8. The Kier molecular flexibility index (Phi) is 12.3. The van der Waals surface area contributed by atoms with Crippen molar-refractivity contribution in [2.24, 2.45) is 0 Å². The first kappa shape index (κ1) is 31.2. The van der Waals surface area contributed by atoms with E-state index in [-0.39, 0.29) is 10.8 Å². The summed E-state index contributed by atoms with van der Waals surface area (Å²) in [5.41, 5.74) is 7.42. The summed E-state index contributed by atoms with van der Waals surface area (Å²) >= 11 is -2.26. The van der Waals surface area contributed by atoms with Crippen LogP contribution in [0, 0.1) is 0 Å². The molecule has 0 fully saturated rings. The maximum absolute atomic E-state index is 2.70. The molecular weight excluding hydrogens is 539 g/mol. The number of benzene rings is 2. The molecule has 0 aromatic heterocycles. The van der Waals surface area contributed by atoms with Gasteiger partial charge in [-0.1, -0.05) is 0 Å². The second-order valence-corrected chi connectivity index (χ2v) is 27.3. The molecule has 2 rings (SSSR count). The summed E-state index contributed by atoms with van der Waals surface area (Å²) in [4.78, 5) is 0. The van der Waals surface area contributed by atoms with Gasteiger partial charge in [0.25, 0.3) is 0 Å². The average Bonchev–Trinajstić information content (AvgIpc) is 2.84. The fourth-order valence-corrected chi connectivity index (χ4v) is 20.5. The van der Waals surface area contributed by atoms with E-state index in [2.05, 4.69) is 117 Å². The van der Waals surface area contributed by atoms with Crippen LogP contribution in [-0.4, -0.2) is 18.4 Å². The summed E-state index contributed by atoms with van der Waals surface area (Å²) in [5, 5.41) is 0. The zero-order valence-electron chi connectivity index (χ0n) is 25.3. The van der Waals surface area contributed by atoms with E-state index < -0.39 is 18.4 Å². The number of rotatable bonds is 13. The molecule has 0 N–H and O–H groups in total. The van der Waals surface area contributed by atoms with Gasteiger partial charge in [0.15, 0.2) is 0 Å². The molecule has 0 nitrogen and oxygen atoms in total. The average molecular weight is 596 g/mol. The Labute approximate surface area is 229 Å². The maximum atomic E-state index is 2.70. The van der Waals surface area contributed by atoms with Crippen LogP contribution in [0.25, 0.3) is 5.57 Å². The number of unbranched alkanes of at least 4 members (excludes halogenated alkanes) is 3. The van der Waals surface area contributed by atoms with Crippen molar-refractivity contribution in [1.82, 2.24) is 0 Å². The summed E-state index contributed by atoms with van der Waals surface area (Å²) < 4.78 is 6.11. The summed E-state index contributed by atoms with van der Waals surface area (Å²) in [6, 6.07) is 18.9. The first-order valence-corrected chi connectivity index (χ1v) is 22.9. The molecule has 0 saturated carbocycles. The molecule has 0 bridgehead atoms. The summed E-state index contributed by atoms with van der Waals surface area (Å²) in [5.74, 6) is 0. The van der Waals surface area contributed by atoms with Crippen molar-refractivity contribution in [1.29, 1.82) is 0 Å². The van der Waals surface area contributed by atoms with Crippen LogP contribution in [-0.2, 0) is 10.8 Å². The van der Waals surface area contributed by atoms with Crippen molar-refractivity contribution in [2.75, 3.05) is 0 Å². The van der Waals surface area contributed by atoms with E-state index in [0.717, 1.165) is 0 Å². The van der Waals surface area contributed by atoms with Gasteiger partial charge in [-0.25, -0.2) is 0 Å². The van der Waals surface area contributed by atoms with Crippen LogP contribution in [0.2, 0.25) is 17.7 Å². The molecule has 200 valence electrons. The molecule has 0 radical (unpaired) electrons. The standard InChI is InChI=1S/C23H29.3C4H9.Sn/c1-8-21(17-9-13-19(14-10-17)22(2,3)4)18-11-15-20(16-12-18)23(5,6)7;3*1-3-4-2;/h8-16H,1H2,2-7H3;3*1,3-4H2,2H3;. The Bertz CT molecular complexity index is 835. The van der Waals surface area contributed by atoms with Gasteiger partial charge in [0, 0.05) is 0 Å². The summed E-state index contributed by atoms with van der Waals surface area (Å²) in [6.45, 7) is 21.0. The van der Waals surface area contributed by atoms with Crippen molar-refractivity contribution in [3.8, 4) is 0 Å². The molecule has 2 aromatic rings. The van der Waals surface area contributed by atoms with Crippen LogP contribution in [0.4, 0.5) is 0 Å². The van der Waals surface area contributed by atoms with Crippen LogP contribution in [0.5, 0.6) is 0 Å². The van der Waals surface area contributed by atoms with Crippen LogP contribution in [0.3, 0.4) is 0 Å². The molecule has 0 atom stereocenters. The predicted molar refractivity (Wildman–Crippen MR) is 167 cm³/mol. The van der Waals surface area contributed by atoms with Gasteiger partial charge < -0.3 is 0 Å². The van der Waals surface area contributed by atoms with Gasteiger partial charge in [0.05, 0.1) is 0 Å². The Morgan fingerprint density at radius 2 is 0.917 bits per heavy atom. The zero-order valence-corrected chi connectivity index (χ0v) is 28.1. The predicted octanol–water partition coefficient (Wildman–Crippen LogP) is 11.6. The molecule has 2 aromatic carbocycles. The van der Waals surface area contributed by atoms with Crippen molar-refractivity contribution in [3.05, 3.63) is 76.9 Å². The molecule has 0 aliphatic carbocycles. The third-order valence-corrected chi connectivity index (χ3v) is 23.2. The number of hydrogen-bond donors (Lipinski definition) is 0. The van der Waals surface area contributed by atoms with Crippen molar-refractivity contribution < 1.29 is 0 Å². The molecule has 0 amide bonds. The van der Waals surface area contributed by atoms with Crippen molar-refractivity contribution in [2.45, 2.75) is 129 Å². The molecule has 0 saturated heterocycles. The second kappa shape index (κ2) is 14.2. The number of allylic oxidation sites excluding steroid dienone is 1. The molecular formula is C35H56Sn. The topological polar surface area (TPSA) is 0 Å². The van der Waals surface area contributed by atoms with Crippen molar-refractivity contribution >= 4 is 24.0 Å². The van der Waals surface area contributed by atoms with E-state index >= 15 is 0 Å². The van der Waals surface area contributed by atoms with Crippen molar-refractivity contribution in [3.63, 3.8) is 0 Å². The molecule has 36 heavy (non-hydrogen) atoms. The Hall–Kier alpha value is -1.02. The third kappa shape index (κ3) is 9.37. The molecule has 0 unspecified atom stereocenters. The van der Waals surface area contributed by atoms with Crippen LogP contribution >= 0.6 is 0 Å².